The number of benzene rings is 2. The highest BCUT2D eigenvalue weighted by molar-refractivity contribution is 7.99. The fraction of sp³-hybridized carbons (Fsp3) is 0.348. The number of amides is 1. The summed E-state index contributed by atoms with van der Waals surface area (Å²) in [5.74, 6) is 1.67. The smallest absolute Gasteiger partial charge is 0.233 e. The van der Waals surface area contributed by atoms with Crippen LogP contribution in [0.25, 0.3) is 5.69 Å². The Kier molecular flexibility index (Phi) is 5.63. The normalized spacial score (nSPS) is 16.5. The van der Waals surface area contributed by atoms with Gasteiger partial charge < -0.3 is 9.80 Å². The van der Waals surface area contributed by atoms with Crippen molar-refractivity contribution >= 4 is 23.4 Å². The molecule has 0 atom stereocenters. The van der Waals surface area contributed by atoms with Gasteiger partial charge in [-0.2, -0.15) is 0 Å². The van der Waals surface area contributed by atoms with Crippen LogP contribution in [-0.4, -0.2) is 57.5 Å². The fourth-order valence-corrected chi connectivity index (χ4v) is 4.55. The molecule has 1 aliphatic heterocycles. The van der Waals surface area contributed by atoms with Crippen molar-refractivity contribution in [3.63, 3.8) is 0 Å². The molecule has 1 saturated heterocycles. The molecule has 1 saturated carbocycles. The molecule has 2 fully saturated rings. The van der Waals surface area contributed by atoms with Gasteiger partial charge in [0.25, 0.3) is 0 Å². The van der Waals surface area contributed by atoms with E-state index in [2.05, 4.69) is 10.00 Å². The maximum Gasteiger partial charge on any atom is 0.233 e. The molecule has 160 valence electrons. The molecule has 0 bridgehead atoms. The number of carbonyl (C=O) groups is 1. The Morgan fingerprint density at radius 3 is 2.35 bits per heavy atom. The van der Waals surface area contributed by atoms with Crippen molar-refractivity contribution in [3.8, 4) is 5.69 Å². The van der Waals surface area contributed by atoms with Crippen LogP contribution < -0.4 is 4.90 Å². The maximum atomic E-state index is 13.1. The first-order valence-electron chi connectivity index (χ1n) is 10.6. The third-order valence-electron chi connectivity index (χ3n) is 5.70. The van der Waals surface area contributed by atoms with E-state index >= 15 is 0 Å². The number of carbonyl (C=O) groups excluding carboxylic acids is 1. The summed E-state index contributed by atoms with van der Waals surface area (Å²) in [6.45, 7) is 2.81. The number of thioether (sulfide) groups is 1. The van der Waals surface area contributed by atoms with Gasteiger partial charge in [0.1, 0.15) is 11.6 Å². The molecule has 2 aliphatic rings. The van der Waals surface area contributed by atoms with E-state index in [1.54, 1.807) is 12.1 Å². The zero-order valence-corrected chi connectivity index (χ0v) is 18.0. The largest absolute Gasteiger partial charge is 0.368 e. The molecule has 5 rings (SSSR count). The van der Waals surface area contributed by atoms with Crippen LogP contribution in [0, 0.1) is 5.82 Å². The number of hydrogen-bond acceptors (Lipinski definition) is 5. The number of para-hydroxylation sites is 1. The molecule has 8 heteroatoms. The van der Waals surface area contributed by atoms with Crippen LogP contribution in [0.3, 0.4) is 0 Å². The van der Waals surface area contributed by atoms with E-state index in [1.165, 1.54) is 23.9 Å². The molecule has 6 nitrogen and oxygen atoms in total. The van der Waals surface area contributed by atoms with Gasteiger partial charge in [0.05, 0.1) is 11.4 Å². The standard InChI is InChI=1S/C23H24FN5OS/c24-18-8-10-19(11-9-18)27-12-14-28(15-13-27)21(30)16-31-23-25-22(17-6-7-17)29(26-23)20-4-2-1-3-5-20/h1-5,8-11,17H,6-7,12-16H2. The van der Waals surface area contributed by atoms with Crippen molar-refractivity contribution in [2.75, 3.05) is 36.8 Å². The summed E-state index contributed by atoms with van der Waals surface area (Å²) < 4.78 is 15.1. The van der Waals surface area contributed by atoms with Crippen LogP contribution in [-0.2, 0) is 4.79 Å². The minimum atomic E-state index is -0.234. The lowest BCUT2D eigenvalue weighted by Crippen LogP contribution is -2.49. The lowest BCUT2D eigenvalue weighted by atomic mass is 10.2. The molecule has 31 heavy (non-hydrogen) atoms. The van der Waals surface area contributed by atoms with E-state index in [0.29, 0.717) is 29.9 Å². The van der Waals surface area contributed by atoms with Gasteiger partial charge in [0, 0.05) is 37.8 Å². The number of halogens is 1. The average molecular weight is 438 g/mol. The van der Waals surface area contributed by atoms with Gasteiger partial charge in [0.2, 0.25) is 11.1 Å². The molecule has 0 N–H and O–H groups in total. The highest BCUT2D eigenvalue weighted by Gasteiger charge is 2.31. The number of aromatic nitrogens is 3. The van der Waals surface area contributed by atoms with Crippen LogP contribution in [0.2, 0.25) is 0 Å². The van der Waals surface area contributed by atoms with Crippen LogP contribution in [0.4, 0.5) is 10.1 Å². The maximum absolute atomic E-state index is 13.1. The lowest BCUT2D eigenvalue weighted by Gasteiger charge is -2.36. The van der Waals surface area contributed by atoms with Gasteiger partial charge in [0.15, 0.2) is 0 Å². The summed E-state index contributed by atoms with van der Waals surface area (Å²) in [5.41, 5.74) is 2.00. The Balaban J connectivity index is 1.18. The summed E-state index contributed by atoms with van der Waals surface area (Å²) in [6, 6.07) is 16.6. The van der Waals surface area contributed by atoms with Crippen LogP contribution >= 0.6 is 11.8 Å². The molecular formula is C23H24FN5OS. The predicted molar refractivity (Wildman–Crippen MR) is 119 cm³/mol. The molecule has 0 radical (unpaired) electrons. The van der Waals surface area contributed by atoms with Crippen molar-refractivity contribution in [1.82, 2.24) is 19.7 Å². The molecule has 0 spiro atoms. The summed E-state index contributed by atoms with van der Waals surface area (Å²) >= 11 is 1.41. The Morgan fingerprint density at radius 1 is 0.968 bits per heavy atom. The van der Waals surface area contributed by atoms with Gasteiger partial charge in [-0.15, -0.1) is 5.10 Å². The minimum absolute atomic E-state index is 0.104. The molecule has 1 aromatic heterocycles. The predicted octanol–water partition coefficient (Wildman–Crippen LogP) is 3.72. The van der Waals surface area contributed by atoms with Gasteiger partial charge in [-0.1, -0.05) is 30.0 Å². The zero-order chi connectivity index (χ0) is 21.2. The molecule has 0 unspecified atom stereocenters. The van der Waals surface area contributed by atoms with Crippen LogP contribution in [0.1, 0.15) is 24.6 Å². The third kappa shape index (κ3) is 4.58. The molecule has 2 heterocycles. The van der Waals surface area contributed by atoms with Crippen molar-refractivity contribution in [1.29, 1.82) is 0 Å². The Bertz CT molecular complexity index is 1040. The van der Waals surface area contributed by atoms with Crippen molar-refractivity contribution in [2.24, 2.45) is 0 Å². The quantitative estimate of drug-likeness (QED) is 0.550. The van der Waals surface area contributed by atoms with E-state index in [1.807, 2.05) is 39.9 Å². The summed E-state index contributed by atoms with van der Waals surface area (Å²) in [6.07, 6.45) is 2.29. The second-order valence-electron chi connectivity index (χ2n) is 7.91. The number of anilines is 1. The topological polar surface area (TPSA) is 54.3 Å². The highest BCUT2D eigenvalue weighted by atomic mass is 32.2. The van der Waals surface area contributed by atoms with Gasteiger partial charge in [-0.05, 0) is 49.2 Å². The SMILES string of the molecule is O=C(CSc1nc(C2CC2)n(-c2ccccc2)n1)N1CCN(c2ccc(F)cc2)CC1. The minimum Gasteiger partial charge on any atom is -0.368 e. The van der Waals surface area contributed by atoms with E-state index in [4.69, 9.17) is 4.98 Å². The third-order valence-corrected chi connectivity index (χ3v) is 6.53. The second-order valence-corrected chi connectivity index (χ2v) is 8.85. The molecule has 2 aromatic carbocycles. The fourth-order valence-electron chi connectivity index (χ4n) is 3.81. The van der Waals surface area contributed by atoms with Gasteiger partial charge in [-0.25, -0.2) is 14.1 Å². The van der Waals surface area contributed by atoms with E-state index in [-0.39, 0.29) is 11.7 Å². The summed E-state index contributed by atoms with van der Waals surface area (Å²) in [7, 11) is 0. The van der Waals surface area contributed by atoms with Crippen LogP contribution in [0.5, 0.6) is 0 Å². The zero-order valence-electron chi connectivity index (χ0n) is 17.2. The van der Waals surface area contributed by atoms with E-state index in [0.717, 1.165) is 43.1 Å². The monoisotopic (exact) mass is 437 g/mol. The Labute approximate surface area is 185 Å². The summed E-state index contributed by atoms with van der Waals surface area (Å²) in [4.78, 5) is 21.5. The van der Waals surface area contributed by atoms with Crippen molar-refractivity contribution < 1.29 is 9.18 Å². The van der Waals surface area contributed by atoms with E-state index < -0.39 is 0 Å². The lowest BCUT2D eigenvalue weighted by molar-refractivity contribution is -0.128. The summed E-state index contributed by atoms with van der Waals surface area (Å²) in [5, 5.41) is 5.33. The first-order chi connectivity index (χ1) is 15.2. The van der Waals surface area contributed by atoms with Crippen molar-refractivity contribution in [3.05, 3.63) is 66.2 Å². The molecule has 1 amide bonds. The number of piperazine rings is 1. The number of rotatable bonds is 6. The first kappa shape index (κ1) is 20.1. The number of hydrogen-bond donors (Lipinski definition) is 0. The van der Waals surface area contributed by atoms with Crippen LogP contribution in [0.15, 0.2) is 59.8 Å². The van der Waals surface area contributed by atoms with Crippen molar-refractivity contribution in [2.45, 2.75) is 23.9 Å². The second kappa shape index (κ2) is 8.70. The Morgan fingerprint density at radius 2 is 1.68 bits per heavy atom. The molecule has 3 aromatic rings. The first-order valence-corrected chi connectivity index (χ1v) is 11.6. The van der Waals surface area contributed by atoms with E-state index in [9.17, 15) is 9.18 Å². The van der Waals surface area contributed by atoms with Gasteiger partial charge >= 0.3 is 0 Å². The van der Waals surface area contributed by atoms with Gasteiger partial charge in [-0.3, -0.25) is 4.79 Å². The Hall–Kier alpha value is -2.87. The molecular weight excluding hydrogens is 413 g/mol. The average Bonchev–Trinajstić information content (AvgIpc) is 3.58. The number of nitrogens with zero attached hydrogens (tertiary/aromatic N) is 5. The highest BCUT2D eigenvalue weighted by Crippen LogP contribution is 2.40. The molecule has 1 aliphatic carbocycles.